The maximum atomic E-state index is 13.1. The minimum atomic E-state index is -4.87. The van der Waals surface area contributed by atoms with Gasteiger partial charge < -0.3 is 19.9 Å². The van der Waals surface area contributed by atoms with Gasteiger partial charge in [0.15, 0.2) is 0 Å². The number of amides is 1. The summed E-state index contributed by atoms with van der Waals surface area (Å²) in [5.41, 5.74) is -4.09. The zero-order chi connectivity index (χ0) is 30.5. The number of carbonyl (C=O) groups excluding carboxylic acids is 3. The van der Waals surface area contributed by atoms with Crippen molar-refractivity contribution < 1.29 is 60.1 Å². The van der Waals surface area contributed by atoms with E-state index < -0.39 is 70.6 Å². The second kappa shape index (κ2) is 12.3. The van der Waals surface area contributed by atoms with Gasteiger partial charge in [-0.15, -0.1) is 0 Å². The molecule has 2 N–H and O–H groups in total. The number of hydrogen-bond donors (Lipinski definition) is 2. The molecule has 0 aliphatic rings. The second-order valence-corrected chi connectivity index (χ2v) is 8.58. The van der Waals surface area contributed by atoms with Crippen LogP contribution in [0.1, 0.15) is 31.8 Å². The van der Waals surface area contributed by atoms with E-state index in [0.29, 0.717) is 24.3 Å². The molecule has 0 bridgehead atoms. The molecule has 0 saturated heterocycles. The van der Waals surface area contributed by atoms with Crippen LogP contribution in [0.4, 0.5) is 32.0 Å². The second-order valence-electron chi connectivity index (χ2n) is 8.15. The molecule has 2 atom stereocenters. The van der Waals surface area contributed by atoms with Crippen molar-refractivity contribution in [3.8, 4) is 0 Å². The fraction of sp³-hybridized carbons (Fsp3) is 0.154. The molecule has 0 unspecified atom stereocenters. The van der Waals surface area contributed by atoms with Gasteiger partial charge in [0.25, 0.3) is 5.91 Å². The first-order valence-electron chi connectivity index (χ1n) is 11.1. The summed E-state index contributed by atoms with van der Waals surface area (Å²) in [5, 5.41) is 12.0. The summed E-state index contributed by atoms with van der Waals surface area (Å²) in [6.45, 7) is 0. The summed E-state index contributed by atoms with van der Waals surface area (Å²) in [7, 11) is 0. The molecule has 0 aromatic heterocycles. The van der Waals surface area contributed by atoms with Crippen LogP contribution in [0.5, 0.6) is 0 Å². The van der Waals surface area contributed by atoms with Gasteiger partial charge in [0.1, 0.15) is 0 Å². The molecule has 216 valence electrons. The largest absolute Gasteiger partial charge is 0.478 e. The number of hydrogen-bond acceptors (Lipinski definition) is 6. The van der Waals surface area contributed by atoms with E-state index in [0.717, 1.165) is 24.3 Å². The third kappa shape index (κ3) is 8.20. The SMILES string of the molecule is O=C(O[C@H](C(=O)O)[C@@H](OC(=O)c1cccc(C(F)(F)F)c1)C(=O)Nc1cccc(Cl)c1)c1cccc(C(F)(F)F)c1. The van der Waals surface area contributed by atoms with Crippen LogP contribution in [0, 0.1) is 0 Å². The fourth-order valence-electron chi connectivity index (χ4n) is 3.29. The maximum Gasteiger partial charge on any atom is 0.416 e. The summed E-state index contributed by atoms with van der Waals surface area (Å²) < 4.78 is 88.2. The summed E-state index contributed by atoms with van der Waals surface area (Å²) in [5.74, 6) is -6.74. The Hall–Kier alpha value is -4.59. The molecule has 0 aliphatic carbocycles. The number of ether oxygens (including phenoxy) is 2. The number of rotatable bonds is 8. The molecule has 8 nitrogen and oxygen atoms in total. The van der Waals surface area contributed by atoms with Crippen molar-refractivity contribution in [1.29, 1.82) is 0 Å². The Morgan fingerprint density at radius 1 is 0.707 bits per heavy atom. The van der Waals surface area contributed by atoms with Gasteiger partial charge in [-0.3, -0.25) is 4.79 Å². The van der Waals surface area contributed by atoms with Crippen LogP contribution in [0.2, 0.25) is 5.02 Å². The Kier molecular flexibility index (Phi) is 9.28. The first kappa shape index (κ1) is 30.9. The number of carbonyl (C=O) groups is 4. The van der Waals surface area contributed by atoms with Crippen LogP contribution in [0.15, 0.2) is 72.8 Å². The molecule has 15 heteroatoms. The Morgan fingerprint density at radius 2 is 1.17 bits per heavy atom. The number of aliphatic carboxylic acids is 1. The van der Waals surface area contributed by atoms with E-state index in [1.807, 2.05) is 0 Å². The standard InChI is InChI=1S/C26H16ClF6NO7/c27-17-8-3-9-18(12-17)34-21(35)19(40-23(38)13-4-1-6-15(10-13)25(28,29)30)20(22(36)37)41-24(39)14-5-2-7-16(11-14)26(31,32)33/h1-12,19-20H,(H,34,35)(H,36,37)/t19-,20+/m1/s1. The Balaban J connectivity index is 1.97. The highest BCUT2D eigenvalue weighted by Gasteiger charge is 2.42. The van der Waals surface area contributed by atoms with Crippen molar-refractivity contribution in [2.45, 2.75) is 24.6 Å². The van der Waals surface area contributed by atoms with Crippen molar-refractivity contribution in [3.05, 3.63) is 100 Å². The van der Waals surface area contributed by atoms with E-state index in [2.05, 4.69) is 5.32 Å². The van der Waals surface area contributed by atoms with Crippen LogP contribution in [-0.2, 0) is 31.4 Å². The first-order valence-corrected chi connectivity index (χ1v) is 11.5. The molecule has 0 heterocycles. The summed E-state index contributed by atoms with van der Waals surface area (Å²) in [4.78, 5) is 50.4. The number of carboxylic acids is 1. The zero-order valence-corrected chi connectivity index (χ0v) is 20.9. The molecular formula is C26H16ClF6NO7. The van der Waals surface area contributed by atoms with Crippen LogP contribution in [-0.4, -0.2) is 41.1 Å². The van der Waals surface area contributed by atoms with Gasteiger partial charge in [0.05, 0.1) is 22.3 Å². The third-order valence-corrected chi connectivity index (χ3v) is 5.42. The molecule has 3 rings (SSSR count). The number of benzene rings is 3. The van der Waals surface area contributed by atoms with Crippen molar-refractivity contribution in [2.75, 3.05) is 5.32 Å². The molecule has 41 heavy (non-hydrogen) atoms. The lowest BCUT2D eigenvalue weighted by Gasteiger charge is -2.24. The minimum absolute atomic E-state index is 0.0454. The lowest BCUT2D eigenvalue weighted by molar-refractivity contribution is -0.157. The Morgan fingerprint density at radius 3 is 1.61 bits per heavy atom. The molecule has 3 aromatic rings. The number of esters is 2. The fourth-order valence-corrected chi connectivity index (χ4v) is 3.48. The summed E-state index contributed by atoms with van der Waals surface area (Å²) >= 11 is 5.85. The molecule has 3 aromatic carbocycles. The van der Waals surface area contributed by atoms with Crippen LogP contribution in [0.25, 0.3) is 0 Å². The summed E-state index contributed by atoms with van der Waals surface area (Å²) in [6, 6.07) is 10.7. The first-order chi connectivity index (χ1) is 19.1. The number of anilines is 1. The van der Waals surface area contributed by atoms with E-state index in [-0.39, 0.29) is 10.7 Å². The van der Waals surface area contributed by atoms with Gasteiger partial charge >= 0.3 is 30.3 Å². The normalized spacial score (nSPS) is 13.0. The quantitative estimate of drug-likeness (QED) is 0.245. The lowest BCUT2D eigenvalue weighted by Crippen LogP contribution is -2.48. The van der Waals surface area contributed by atoms with Gasteiger partial charge in [-0.2, -0.15) is 26.3 Å². The van der Waals surface area contributed by atoms with E-state index >= 15 is 0 Å². The van der Waals surface area contributed by atoms with Crippen LogP contribution >= 0.6 is 11.6 Å². The predicted octanol–water partition coefficient (Wildman–Crippen LogP) is 5.85. The number of carboxylic acid groups (broad SMARTS) is 1. The van der Waals surface area contributed by atoms with Crippen LogP contribution < -0.4 is 5.32 Å². The average Bonchev–Trinajstić information content (AvgIpc) is 2.89. The Labute approximate surface area is 231 Å². The monoisotopic (exact) mass is 603 g/mol. The number of nitrogens with one attached hydrogen (secondary N) is 1. The predicted molar refractivity (Wildman–Crippen MR) is 129 cm³/mol. The lowest BCUT2D eigenvalue weighted by atomic mass is 10.1. The van der Waals surface area contributed by atoms with Crippen molar-refractivity contribution in [2.24, 2.45) is 0 Å². The van der Waals surface area contributed by atoms with Crippen LogP contribution in [0.3, 0.4) is 0 Å². The van der Waals surface area contributed by atoms with E-state index in [4.69, 9.17) is 21.1 Å². The van der Waals surface area contributed by atoms with Gasteiger partial charge in [0, 0.05) is 10.7 Å². The molecule has 1 amide bonds. The maximum absolute atomic E-state index is 13.1. The van der Waals surface area contributed by atoms with Gasteiger partial charge in [-0.1, -0.05) is 29.8 Å². The Bertz CT molecular complexity index is 1470. The molecule has 0 spiro atoms. The van der Waals surface area contributed by atoms with Gasteiger partial charge in [0.2, 0.25) is 12.2 Å². The van der Waals surface area contributed by atoms with Gasteiger partial charge in [-0.05, 0) is 54.6 Å². The molecule has 0 radical (unpaired) electrons. The van der Waals surface area contributed by atoms with Crippen molar-refractivity contribution in [1.82, 2.24) is 0 Å². The van der Waals surface area contributed by atoms with Crippen molar-refractivity contribution >= 4 is 41.1 Å². The molecule has 0 fully saturated rings. The molecule has 0 saturated carbocycles. The summed E-state index contributed by atoms with van der Waals surface area (Å²) in [6.07, 6.45) is -14.9. The highest BCUT2D eigenvalue weighted by Crippen LogP contribution is 2.31. The smallest absolute Gasteiger partial charge is 0.416 e. The van der Waals surface area contributed by atoms with E-state index in [9.17, 15) is 50.6 Å². The number of alkyl halides is 6. The average molecular weight is 604 g/mol. The highest BCUT2D eigenvalue weighted by atomic mass is 35.5. The minimum Gasteiger partial charge on any atom is -0.478 e. The highest BCUT2D eigenvalue weighted by molar-refractivity contribution is 6.30. The van der Waals surface area contributed by atoms with E-state index in [1.165, 1.54) is 24.3 Å². The van der Waals surface area contributed by atoms with Gasteiger partial charge in [-0.25, -0.2) is 14.4 Å². The molecule has 0 aliphatic heterocycles. The number of halogens is 7. The third-order valence-electron chi connectivity index (χ3n) is 5.19. The van der Waals surface area contributed by atoms with Crippen molar-refractivity contribution in [3.63, 3.8) is 0 Å². The molecular weight excluding hydrogens is 588 g/mol. The zero-order valence-electron chi connectivity index (χ0n) is 20.1. The topological polar surface area (TPSA) is 119 Å². The van der Waals surface area contributed by atoms with E-state index in [1.54, 1.807) is 0 Å².